The van der Waals surface area contributed by atoms with Crippen molar-refractivity contribution in [3.63, 3.8) is 0 Å². The largest absolute Gasteiger partial charge is 0.318 e. The van der Waals surface area contributed by atoms with Gasteiger partial charge in [-0.05, 0) is 45.4 Å². The fraction of sp³-hybridized carbons (Fsp3) is 0.474. The summed E-state index contributed by atoms with van der Waals surface area (Å²) in [7, 11) is 0. The van der Waals surface area contributed by atoms with E-state index in [2.05, 4.69) is 19.9 Å². The van der Waals surface area contributed by atoms with Crippen LogP contribution in [0.2, 0.25) is 0 Å². The molecule has 8 nitrogen and oxygen atoms in total. The summed E-state index contributed by atoms with van der Waals surface area (Å²) in [6, 6.07) is -0.0685. The average molecular weight is 364 g/mol. The lowest BCUT2D eigenvalue weighted by Gasteiger charge is -2.17. The Kier molecular flexibility index (Phi) is 3.50. The highest BCUT2D eigenvalue weighted by atomic mass is 16.2. The third-order valence-electron chi connectivity index (χ3n) is 5.62. The van der Waals surface area contributed by atoms with Crippen molar-refractivity contribution < 1.29 is 0 Å². The van der Waals surface area contributed by atoms with Gasteiger partial charge in [-0.15, -0.1) is 0 Å². The van der Waals surface area contributed by atoms with Gasteiger partial charge in [-0.3, -0.25) is 14.2 Å². The van der Waals surface area contributed by atoms with Crippen molar-refractivity contribution in [2.45, 2.75) is 51.5 Å². The van der Waals surface area contributed by atoms with E-state index in [1.807, 2.05) is 13.8 Å². The lowest BCUT2D eigenvalue weighted by Crippen LogP contribution is -2.38. The molecule has 3 aromatic heterocycles. The van der Waals surface area contributed by atoms with E-state index in [1.54, 1.807) is 12.5 Å². The molecule has 0 unspecified atom stereocenters. The number of fused-ring (bicyclic) bond motifs is 1. The number of rotatable bonds is 4. The van der Waals surface area contributed by atoms with Crippen LogP contribution in [0.5, 0.6) is 0 Å². The maximum Gasteiger partial charge on any atom is 0.318 e. The molecule has 2 saturated carbocycles. The third kappa shape index (κ3) is 2.67. The molecule has 0 saturated heterocycles. The van der Waals surface area contributed by atoms with Crippen molar-refractivity contribution in [2.24, 2.45) is 5.92 Å². The molecule has 0 aliphatic heterocycles. The molecule has 0 amide bonds. The van der Waals surface area contributed by atoms with E-state index in [-0.39, 0.29) is 6.04 Å². The van der Waals surface area contributed by atoms with Crippen molar-refractivity contribution in [3.8, 4) is 11.4 Å². The molecule has 5 rings (SSSR count). The predicted octanol–water partition coefficient (Wildman–Crippen LogP) is 2.09. The summed E-state index contributed by atoms with van der Waals surface area (Å²) in [4.78, 5) is 45.3. The van der Waals surface area contributed by atoms with E-state index in [9.17, 15) is 9.59 Å². The fourth-order valence-corrected chi connectivity index (χ4v) is 3.75. The molecule has 3 heterocycles. The van der Waals surface area contributed by atoms with Crippen LogP contribution in [0, 0.1) is 12.8 Å². The van der Waals surface area contributed by atoms with Gasteiger partial charge in [0.15, 0.2) is 11.5 Å². The molecular weight excluding hydrogens is 344 g/mol. The molecule has 0 bridgehead atoms. The van der Waals surface area contributed by atoms with E-state index in [0.717, 1.165) is 42.6 Å². The van der Waals surface area contributed by atoms with Crippen molar-refractivity contribution in [1.82, 2.24) is 29.5 Å². The van der Waals surface area contributed by atoms with Gasteiger partial charge in [0.05, 0.1) is 23.1 Å². The lowest BCUT2D eigenvalue weighted by atomic mass is 10.1. The van der Waals surface area contributed by atoms with E-state index in [0.29, 0.717) is 28.8 Å². The highest BCUT2D eigenvalue weighted by Crippen LogP contribution is 2.43. The monoisotopic (exact) mass is 364 g/mol. The number of aromatic nitrogens is 6. The Balaban J connectivity index is 1.77. The summed E-state index contributed by atoms with van der Waals surface area (Å²) >= 11 is 0. The highest BCUT2D eigenvalue weighted by Gasteiger charge is 2.32. The molecule has 8 heteroatoms. The number of nitrogens with one attached hydrogen (secondary N) is 1. The van der Waals surface area contributed by atoms with Gasteiger partial charge in [-0.2, -0.15) is 0 Å². The van der Waals surface area contributed by atoms with Crippen LogP contribution >= 0.6 is 0 Å². The SMILES string of the molecule is Cc1ncnc(C2CC2)c1-c1ncc2[nH]c(=O)c(=O)n([C@@H](C)C3CC3)c2n1. The summed E-state index contributed by atoms with van der Waals surface area (Å²) in [5.74, 6) is 1.34. The summed E-state index contributed by atoms with van der Waals surface area (Å²) < 4.78 is 1.53. The second-order valence-corrected chi connectivity index (χ2v) is 7.63. The molecule has 3 aromatic rings. The number of hydrogen-bond donors (Lipinski definition) is 1. The van der Waals surface area contributed by atoms with Gasteiger partial charge in [0.1, 0.15) is 11.8 Å². The maximum absolute atomic E-state index is 12.6. The molecule has 27 heavy (non-hydrogen) atoms. The van der Waals surface area contributed by atoms with Crippen LogP contribution in [-0.4, -0.2) is 29.5 Å². The molecule has 0 aromatic carbocycles. The summed E-state index contributed by atoms with van der Waals surface area (Å²) in [6.07, 6.45) is 7.50. The van der Waals surface area contributed by atoms with Gasteiger partial charge >= 0.3 is 11.1 Å². The van der Waals surface area contributed by atoms with Crippen molar-refractivity contribution in [2.75, 3.05) is 0 Å². The first kappa shape index (κ1) is 16.3. The Morgan fingerprint density at radius 3 is 2.63 bits per heavy atom. The molecule has 138 valence electrons. The third-order valence-corrected chi connectivity index (χ3v) is 5.62. The molecule has 0 spiro atoms. The quantitative estimate of drug-likeness (QED) is 0.711. The molecular formula is C19H20N6O2. The maximum atomic E-state index is 12.6. The highest BCUT2D eigenvalue weighted by molar-refractivity contribution is 5.73. The summed E-state index contributed by atoms with van der Waals surface area (Å²) in [6.45, 7) is 3.90. The van der Waals surface area contributed by atoms with Crippen LogP contribution in [0.1, 0.15) is 56.0 Å². The molecule has 2 fully saturated rings. The Labute approximate surface area is 154 Å². The minimum Gasteiger partial charge on any atom is -0.313 e. The first-order valence-electron chi connectivity index (χ1n) is 9.38. The Hall–Kier alpha value is -2.90. The van der Waals surface area contributed by atoms with Crippen LogP contribution in [0.4, 0.5) is 0 Å². The van der Waals surface area contributed by atoms with Gasteiger partial charge in [0, 0.05) is 12.0 Å². The average Bonchev–Trinajstić information content (AvgIpc) is 3.55. The molecule has 1 atom stereocenters. The van der Waals surface area contributed by atoms with Crippen LogP contribution in [0.15, 0.2) is 22.1 Å². The Morgan fingerprint density at radius 1 is 1.15 bits per heavy atom. The van der Waals surface area contributed by atoms with E-state index in [1.165, 1.54) is 4.57 Å². The van der Waals surface area contributed by atoms with Crippen LogP contribution in [0.3, 0.4) is 0 Å². The zero-order chi connectivity index (χ0) is 18.7. The standard InChI is InChI=1S/C19H20N6O2/c1-9-14(15(12-5-6-12)22-8-21-9)16-20-7-13-17(24-16)25(10(2)11-3-4-11)19(27)18(26)23-13/h7-8,10-12H,3-6H2,1-2H3,(H,23,26)/t10-/m0/s1. The number of nitrogens with zero attached hydrogens (tertiary/aromatic N) is 5. The molecule has 0 radical (unpaired) electrons. The van der Waals surface area contributed by atoms with E-state index >= 15 is 0 Å². The number of aryl methyl sites for hydroxylation is 1. The second kappa shape index (κ2) is 5.80. The normalized spacial score (nSPS) is 18.0. The van der Waals surface area contributed by atoms with Gasteiger partial charge in [-0.1, -0.05) is 0 Å². The van der Waals surface area contributed by atoms with E-state index in [4.69, 9.17) is 4.98 Å². The molecule has 2 aliphatic rings. The Bertz CT molecular complexity index is 1170. The number of aromatic amines is 1. The number of hydrogen-bond acceptors (Lipinski definition) is 6. The first-order chi connectivity index (χ1) is 13.0. The van der Waals surface area contributed by atoms with Gasteiger partial charge < -0.3 is 4.98 Å². The summed E-state index contributed by atoms with van der Waals surface area (Å²) in [5.41, 5.74) is 2.37. The molecule has 2 aliphatic carbocycles. The zero-order valence-electron chi connectivity index (χ0n) is 15.3. The predicted molar refractivity (Wildman–Crippen MR) is 99.6 cm³/mol. The van der Waals surface area contributed by atoms with E-state index < -0.39 is 11.1 Å². The molecule has 1 N–H and O–H groups in total. The van der Waals surface area contributed by atoms with Gasteiger partial charge in [-0.25, -0.2) is 19.9 Å². The second-order valence-electron chi connectivity index (χ2n) is 7.63. The van der Waals surface area contributed by atoms with Gasteiger partial charge in [0.2, 0.25) is 0 Å². The fourth-order valence-electron chi connectivity index (χ4n) is 3.75. The van der Waals surface area contributed by atoms with Crippen LogP contribution in [0.25, 0.3) is 22.6 Å². The zero-order valence-corrected chi connectivity index (χ0v) is 15.3. The van der Waals surface area contributed by atoms with Gasteiger partial charge in [0.25, 0.3) is 0 Å². The first-order valence-corrected chi connectivity index (χ1v) is 9.38. The Morgan fingerprint density at radius 2 is 1.93 bits per heavy atom. The minimum absolute atomic E-state index is 0.0685. The number of H-pyrrole nitrogens is 1. The van der Waals surface area contributed by atoms with Crippen molar-refractivity contribution in [3.05, 3.63) is 44.6 Å². The lowest BCUT2D eigenvalue weighted by molar-refractivity contribution is 0.479. The van der Waals surface area contributed by atoms with Crippen LogP contribution < -0.4 is 11.1 Å². The summed E-state index contributed by atoms with van der Waals surface area (Å²) in [5, 5.41) is 0. The minimum atomic E-state index is -0.635. The van der Waals surface area contributed by atoms with Crippen molar-refractivity contribution >= 4 is 11.2 Å². The van der Waals surface area contributed by atoms with Crippen molar-refractivity contribution in [1.29, 1.82) is 0 Å². The topological polar surface area (TPSA) is 106 Å². The smallest absolute Gasteiger partial charge is 0.313 e. The van der Waals surface area contributed by atoms with Crippen LogP contribution in [-0.2, 0) is 0 Å².